The van der Waals surface area contributed by atoms with Gasteiger partial charge in [0, 0.05) is 22.5 Å². The first-order chi connectivity index (χ1) is 13.6. The van der Waals surface area contributed by atoms with Crippen LogP contribution in [0.25, 0.3) is 5.65 Å². The molecule has 0 atom stereocenters. The van der Waals surface area contributed by atoms with Gasteiger partial charge in [0.1, 0.15) is 5.65 Å². The van der Waals surface area contributed by atoms with Crippen LogP contribution in [0.15, 0.2) is 68.3 Å². The lowest BCUT2D eigenvalue weighted by molar-refractivity contribution is 0.102. The SMILES string of the molecule is O=C(Nc1nnc(SCc2cc(=O)n3ccccc3n2)s1)c1ccccc1Br. The van der Waals surface area contributed by atoms with Gasteiger partial charge in [-0.05, 0) is 40.2 Å². The Morgan fingerprint density at radius 1 is 1.18 bits per heavy atom. The van der Waals surface area contributed by atoms with E-state index in [1.807, 2.05) is 12.1 Å². The van der Waals surface area contributed by atoms with Crippen molar-refractivity contribution in [3.8, 4) is 0 Å². The number of pyridine rings is 1. The highest BCUT2D eigenvalue weighted by Crippen LogP contribution is 2.28. The van der Waals surface area contributed by atoms with Crippen molar-refractivity contribution in [2.75, 3.05) is 5.32 Å². The number of rotatable bonds is 5. The molecular weight excluding hydrogens is 462 g/mol. The molecule has 28 heavy (non-hydrogen) atoms. The third-order valence-corrected chi connectivity index (χ3v) is 6.41. The van der Waals surface area contributed by atoms with Crippen LogP contribution in [-0.2, 0) is 5.75 Å². The number of thioether (sulfide) groups is 1. The maximum atomic E-state index is 12.3. The Labute approximate surface area is 176 Å². The van der Waals surface area contributed by atoms with Crippen molar-refractivity contribution in [2.45, 2.75) is 10.1 Å². The normalized spacial score (nSPS) is 10.9. The van der Waals surface area contributed by atoms with Crippen molar-refractivity contribution in [1.82, 2.24) is 19.6 Å². The van der Waals surface area contributed by atoms with Gasteiger partial charge in [-0.1, -0.05) is 41.3 Å². The molecule has 7 nitrogen and oxygen atoms in total. The molecule has 0 fully saturated rings. The van der Waals surface area contributed by atoms with Crippen LogP contribution in [0.5, 0.6) is 0 Å². The molecule has 0 saturated carbocycles. The lowest BCUT2D eigenvalue weighted by Crippen LogP contribution is -2.14. The minimum Gasteiger partial charge on any atom is -0.296 e. The van der Waals surface area contributed by atoms with Crippen molar-refractivity contribution in [3.63, 3.8) is 0 Å². The number of nitrogens with one attached hydrogen (secondary N) is 1. The summed E-state index contributed by atoms with van der Waals surface area (Å²) >= 11 is 6.04. The van der Waals surface area contributed by atoms with Crippen LogP contribution in [0.2, 0.25) is 0 Å². The van der Waals surface area contributed by atoms with Gasteiger partial charge >= 0.3 is 0 Å². The van der Waals surface area contributed by atoms with E-state index in [0.717, 1.165) is 0 Å². The zero-order valence-corrected chi connectivity index (χ0v) is 17.4. The molecule has 0 unspecified atom stereocenters. The molecule has 4 rings (SSSR count). The Bertz CT molecular complexity index is 1220. The maximum absolute atomic E-state index is 12.3. The van der Waals surface area contributed by atoms with E-state index in [0.29, 0.717) is 36.6 Å². The zero-order chi connectivity index (χ0) is 19.5. The predicted octanol–water partition coefficient (Wildman–Crippen LogP) is 3.85. The number of amides is 1. The molecule has 0 aliphatic rings. The summed E-state index contributed by atoms with van der Waals surface area (Å²) in [6.45, 7) is 0. The Kier molecular flexibility index (Phi) is 5.51. The molecular formula is C18H12BrN5O2S2. The number of hydrogen-bond acceptors (Lipinski definition) is 7. The second kappa shape index (κ2) is 8.21. The lowest BCUT2D eigenvalue weighted by atomic mass is 10.2. The third kappa shape index (κ3) is 4.13. The van der Waals surface area contributed by atoms with Crippen molar-refractivity contribution >= 4 is 55.7 Å². The predicted molar refractivity (Wildman–Crippen MR) is 113 cm³/mol. The van der Waals surface area contributed by atoms with Crippen LogP contribution in [0.1, 0.15) is 16.1 Å². The Morgan fingerprint density at radius 3 is 2.86 bits per heavy atom. The monoisotopic (exact) mass is 473 g/mol. The number of carbonyl (C=O) groups excluding carboxylic acids is 1. The maximum Gasteiger partial charge on any atom is 0.258 e. The van der Waals surface area contributed by atoms with Crippen LogP contribution < -0.4 is 10.9 Å². The molecule has 0 spiro atoms. The first-order valence-electron chi connectivity index (χ1n) is 8.10. The molecule has 1 amide bonds. The summed E-state index contributed by atoms with van der Waals surface area (Å²) in [5, 5.41) is 11.2. The minimum absolute atomic E-state index is 0.125. The Morgan fingerprint density at radius 2 is 2.00 bits per heavy atom. The van der Waals surface area contributed by atoms with E-state index >= 15 is 0 Å². The molecule has 0 aliphatic carbocycles. The fourth-order valence-electron chi connectivity index (χ4n) is 2.44. The molecule has 0 radical (unpaired) electrons. The Hall–Kier alpha value is -2.56. The number of benzene rings is 1. The zero-order valence-electron chi connectivity index (χ0n) is 14.2. The van der Waals surface area contributed by atoms with Gasteiger partial charge in [-0.25, -0.2) is 4.98 Å². The molecule has 140 valence electrons. The third-order valence-electron chi connectivity index (χ3n) is 3.71. The fourth-order valence-corrected chi connectivity index (χ4v) is 4.55. The minimum atomic E-state index is -0.260. The van der Waals surface area contributed by atoms with Crippen LogP contribution in [0.3, 0.4) is 0 Å². The summed E-state index contributed by atoms with van der Waals surface area (Å²) in [6, 6.07) is 14.1. The van der Waals surface area contributed by atoms with E-state index in [1.165, 1.54) is 33.6 Å². The molecule has 3 heterocycles. The summed E-state index contributed by atoms with van der Waals surface area (Å²) in [5.74, 6) is 0.220. The molecule has 1 N–H and O–H groups in total. The molecule has 4 aromatic rings. The number of hydrogen-bond donors (Lipinski definition) is 1. The van der Waals surface area contributed by atoms with Crippen LogP contribution in [0, 0.1) is 0 Å². The van der Waals surface area contributed by atoms with Crippen molar-refractivity contribution in [2.24, 2.45) is 0 Å². The van der Waals surface area contributed by atoms with Crippen molar-refractivity contribution in [3.05, 3.63) is 80.8 Å². The van der Waals surface area contributed by atoms with Crippen LogP contribution in [-0.4, -0.2) is 25.5 Å². The highest BCUT2D eigenvalue weighted by atomic mass is 79.9. The van der Waals surface area contributed by atoms with Crippen molar-refractivity contribution in [1.29, 1.82) is 0 Å². The van der Waals surface area contributed by atoms with Gasteiger partial charge < -0.3 is 0 Å². The van der Waals surface area contributed by atoms with E-state index in [4.69, 9.17) is 0 Å². The second-order valence-electron chi connectivity index (χ2n) is 5.61. The van der Waals surface area contributed by atoms with Gasteiger partial charge in [-0.15, -0.1) is 10.2 Å². The first kappa shape index (κ1) is 18.8. The molecule has 0 bridgehead atoms. The highest BCUT2D eigenvalue weighted by Gasteiger charge is 2.13. The van der Waals surface area contributed by atoms with E-state index in [1.54, 1.807) is 36.5 Å². The van der Waals surface area contributed by atoms with E-state index in [9.17, 15) is 9.59 Å². The van der Waals surface area contributed by atoms with Gasteiger partial charge in [-0.3, -0.25) is 19.3 Å². The van der Waals surface area contributed by atoms with E-state index < -0.39 is 0 Å². The summed E-state index contributed by atoms with van der Waals surface area (Å²) in [6.07, 6.45) is 1.69. The van der Waals surface area contributed by atoms with Crippen molar-refractivity contribution < 1.29 is 4.79 Å². The van der Waals surface area contributed by atoms with Crippen LogP contribution in [0.4, 0.5) is 5.13 Å². The molecule has 10 heteroatoms. The number of anilines is 1. The van der Waals surface area contributed by atoms with Gasteiger partial charge in [0.05, 0.1) is 11.3 Å². The average molecular weight is 474 g/mol. The summed E-state index contributed by atoms with van der Waals surface area (Å²) in [5.41, 5.74) is 1.66. The first-order valence-corrected chi connectivity index (χ1v) is 10.7. The number of halogens is 1. The van der Waals surface area contributed by atoms with Gasteiger partial charge in [-0.2, -0.15) is 0 Å². The highest BCUT2D eigenvalue weighted by molar-refractivity contribution is 9.10. The number of aromatic nitrogens is 4. The topological polar surface area (TPSA) is 89.2 Å². The summed E-state index contributed by atoms with van der Waals surface area (Å²) in [4.78, 5) is 28.9. The molecule has 0 saturated heterocycles. The smallest absolute Gasteiger partial charge is 0.258 e. The van der Waals surface area contributed by atoms with Crippen LogP contribution >= 0.6 is 39.0 Å². The molecule has 0 aliphatic heterocycles. The molecule has 3 aromatic heterocycles. The van der Waals surface area contributed by atoms with Gasteiger partial charge in [0.2, 0.25) is 5.13 Å². The lowest BCUT2D eigenvalue weighted by Gasteiger charge is -2.03. The Balaban J connectivity index is 1.43. The summed E-state index contributed by atoms with van der Waals surface area (Å²) in [7, 11) is 0. The number of fused-ring (bicyclic) bond motifs is 1. The van der Waals surface area contributed by atoms with E-state index in [2.05, 4.69) is 36.4 Å². The quantitative estimate of drug-likeness (QED) is 0.349. The standard InChI is InChI=1S/C18H12BrN5O2S2/c19-13-6-2-1-5-12(13)16(26)21-17-22-23-18(28-17)27-10-11-9-15(25)24-8-4-3-7-14(24)20-11/h1-9H,10H2,(H,21,22,26). The van der Waals surface area contributed by atoms with Gasteiger partial charge in [0.15, 0.2) is 4.34 Å². The second-order valence-corrected chi connectivity index (χ2v) is 8.66. The van der Waals surface area contributed by atoms with E-state index in [-0.39, 0.29) is 11.5 Å². The average Bonchev–Trinajstić information content (AvgIpc) is 3.14. The fraction of sp³-hybridized carbons (Fsp3) is 0.0556. The largest absolute Gasteiger partial charge is 0.296 e. The number of carbonyl (C=O) groups is 1. The number of nitrogens with zero attached hydrogens (tertiary/aromatic N) is 4. The summed E-state index contributed by atoms with van der Waals surface area (Å²) < 4.78 is 2.88. The molecule has 1 aromatic carbocycles. The van der Waals surface area contributed by atoms with Gasteiger partial charge in [0.25, 0.3) is 11.5 Å².